The van der Waals surface area contributed by atoms with E-state index >= 15 is 0 Å². The van der Waals surface area contributed by atoms with Crippen molar-refractivity contribution >= 4 is 22.8 Å². The predicted molar refractivity (Wildman–Crippen MR) is 118 cm³/mol. The topological polar surface area (TPSA) is 134 Å². The maximum atomic E-state index is 11.9. The number of aliphatic carboxylic acids is 2. The van der Waals surface area contributed by atoms with Crippen LogP contribution in [0.25, 0.3) is 33.3 Å². The van der Waals surface area contributed by atoms with Gasteiger partial charge in [-0.25, -0.2) is 0 Å². The van der Waals surface area contributed by atoms with Gasteiger partial charge in [-0.1, -0.05) is 30.3 Å². The van der Waals surface area contributed by atoms with E-state index in [4.69, 9.17) is 5.26 Å². The van der Waals surface area contributed by atoms with Crippen LogP contribution in [0.4, 0.5) is 0 Å². The fraction of sp³-hybridized carbons (Fsp3) is 0.0800. The number of nitrogens with one attached hydrogen (secondary N) is 1. The molecule has 158 valence electrons. The van der Waals surface area contributed by atoms with Gasteiger partial charge in [0.25, 0.3) is 0 Å². The summed E-state index contributed by atoms with van der Waals surface area (Å²) < 4.78 is 0. The summed E-state index contributed by atoms with van der Waals surface area (Å²) in [6, 6.07) is 20.9. The van der Waals surface area contributed by atoms with Crippen LogP contribution in [0, 0.1) is 11.3 Å². The highest BCUT2D eigenvalue weighted by molar-refractivity contribution is 5.91. The third kappa shape index (κ3) is 3.89. The van der Waals surface area contributed by atoms with Gasteiger partial charge in [-0.15, -0.1) is 0 Å². The highest BCUT2D eigenvalue weighted by Crippen LogP contribution is 2.42. The number of rotatable bonds is 6. The molecule has 0 radical (unpaired) electrons. The van der Waals surface area contributed by atoms with Crippen LogP contribution >= 0.6 is 0 Å². The Kier molecular flexibility index (Phi) is 5.36. The molecule has 0 amide bonds. The smallest absolute Gasteiger partial charge is 0.311 e. The SMILES string of the molecule is N#Cc1ccc2[nH]c(-c3cc(C(CC(=O)O)C(=O)O)cc(-c4ccccc4)c3O)cc2c1. The van der Waals surface area contributed by atoms with E-state index < -0.39 is 24.3 Å². The molecule has 1 unspecified atom stereocenters. The monoisotopic (exact) mass is 426 g/mol. The van der Waals surface area contributed by atoms with Crippen molar-refractivity contribution < 1.29 is 24.9 Å². The van der Waals surface area contributed by atoms with Gasteiger partial charge in [-0.2, -0.15) is 5.26 Å². The Morgan fingerprint density at radius 3 is 2.34 bits per heavy atom. The molecular formula is C25H18N2O5. The van der Waals surface area contributed by atoms with E-state index in [2.05, 4.69) is 11.1 Å². The van der Waals surface area contributed by atoms with Crippen LogP contribution in [0.5, 0.6) is 5.75 Å². The molecule has 1 heterocycles. The Balaban J connectivity index is 1.96. The first-order valence-corrected chi connectivity index (χ1v) is 9.77. The van der Waals surface area contributed by atoms with E-state index in [9.17, 15) is 24.9 Å². The summed E-state index contributed by atoms with van der Waals surface area (Å²) in [7, 11) is 0. The number of aromatic nitrogens is 1. The molecule has 4 aromatic rings. The van der Waals surface area contributed by atoms with Gasteiger partial charge in [0, 0.05) is 22.0 Å². The van der Waals surface area contributed by atoms with Crippen LogP contribution in [0.1, 0.15) is 23.5 Å². The fourth-order valence-electron chi connectivity index (χ4n) is 3.77. The Labute approximate surface area is 182 Å². The molecule has 0 saturated carbocycles. The minimum absolute atomic E-state index is 0.0634. The van der Waals surface area contributed by atoms with Gasteiger partial charge in [0.2, 0.25) is 0 Å². The maximum Gasteiger partial charge on any atom is 0.311 e. The highest BCUT2D eigenvalue weighted by Gasteiger charge is 2.26. The molecule has 0 saturated heterocycles. The van der Waals surface area contributed by atoms with Crippen molar-refractivity contribution in [2.45, 2.75) is 12.3 Å². The zero-order valence-electron chi connectivity index (χ0n) is 16.7. The van der Waals surface area contributed by atoms with Crippen molar-refractivity contribution in [3.63, 3.8) is 0 Å². The number of aromatic amines is 1. The number of carboxylic acids is 2. The Morgan fingerprint density at radius 2 is 1.69 bits per heavy atom. The molecule has 4 rings (SSSR count). The average molecular weight is 426 g/mol. The first kappa shape index (κ1) is 20.7. The van der Waals surface area contributed by atoms with Crippen molar-refractivity contribution in [2.75, 3.05) is 0 Å². The van der Waals surface area contributed by atoms with E-state index in [0.29, 0.717) is 27.9 Å². The molecule has 0 aliphatic heterocycles. The molecule has 1 aromatic heterocycles. The zero-order chi connectivity index (χ0) is 22.8. The molecule has 1 atom stereocenters. The lowest BCUT2D eigenvalue weighted by Crippen LogP contribution is -2.16. The number of hydrogen-bond donors (Lipinski definition) is 4. The predicted octanol–water partition coefficient (Wildman–Crippen LogP) is 4.72. The number of phenols is 1. The quantitative estimate of drug-likeness (QED) is 0.352. The summed E-state index contributed by atoms with van der Waals surface area (Å²) in [4.78, 5) is 26.3. The Hall–Kier alpha value is -4.57. The van der Waals surface area contributed by atoms with Crippen LogP contribution in [0.2, 0.25) is 0 Å². The van der Waals surface area contributed by atoms with Gasteiger partial charge in [0.15, 0.2) is 0 Å². The minimum atomic E-state index is -1.29. The summed E-state index contributed by atoms with van der Waals surface area (Å²) >= 11 is 0. The van der Waals surface area contributed by atoms with Crippen LogP contribution in [-0.4, -0.2) is 32.2 Å². The van der Waals surface area contributed by atoms with E-state index in [0.717, 1.165) is 10.9 Å². The number of carbonyl (C=O) groups is 2. The van der Waals surface area contributed by atoms with Crippen molar-refractivity contribution in [1.29, 1.82) is 5.26 Å². The molecule has 0 fully saturated rings. The summed E-state index contributed by atoms with van der Waals surface area (Å²) in [6.07, 6.45) is -0.591. The number of nitrogens with zero attached hydrogens (tertiary/aromatic N) is 1. The summed E-state index contributed by atoms with van der Waals surface area (Å²) in [5, 5.41) is 39.9. The van der Waals surface area contributed by atoms with Gasteiger partial charge in [0.05, 0.1) is 29.7 Å². The van der Waals surface area contributed by atoms with Gasteiger partial charge >= 0.3 is 11.9 Å². The lowest BCUT2D eigenvalue weighted by Gasteiger charge is -2.16. The lowest BCUT2D eigenvalue weighted by molar-refractivity contribution is -0.145. The molecule has 0 aliphatic carbocycles. The van der Waals surface area contributed by atoms with Crippen molar-refractivity contribution in [3.8, 4) is 34.2 Å². The van der Waals surface area contributed by atoms with E-state index in [1.54, 1.807) is 48.5 Å². The number of aromatic hydroxyl groups is 1. The second-order valence-corrected chi connectivity index (χ2v) is 7.42. The third-order valence-corrected chi connectivity index (χ3v) is 5.34. The number of nitriles is 1. The van der Waals surface area contributed by atoms with Crippen LogP contribution in [0.3, 0.4) is 0 Å². The molecule has 32 heavy (non-hydrogen) atoms. The Morgan fingerprint density at radius 1 is 0.969 bits per heavy atom. The third-order valence-electron chi connectivity index (χ3n) is 5.34. The summed E-state index contributed by atoms with van der Waals surface area (Å²) in [5.74, 6) is -3.85. The van der Waals surface area contributed by atoms with Crippen molar-refractivity contribution in [2.24, 2.45) is 0 Å². The molecular weight excluding hydrogens is 408 g/mol. The number of fused-ring (bicyclic) bond motifs is 1. The molecule has 3 aromatic carbocycles. The first-order valence-electron chi connectivity index (χ1n) is 9.77. The zero-order valence-corrected chi connectivity index (χ0v) is 16.7. The van der Waals surface area contributed by atoms with E-state index in [1.807, 2.05) is 6.07 Å². The van der Waals surface area contributed by atoms with E-state index in [-0.39, 0.29) is 11.3 Å². The van der Waals surface area contributed by atoms with Crippen molar-refractivity contribution in [1.82, 2.24) is 4.98 Å². The second kappa shape index (κ2) is 8.28. The maximum absolute atomic E-state index is 11.9. The Bertz CT molecular complexity index is 1380. The van der Waals surface area contributed by atoms with Crippen molar-refractivity contribution in [3.05, 3.63) is 77.9 Å². The molecule has 4 N–H and O–H groups in total. The number of hydrogen-bond acceptors (Lipinski definition) is 4. The van der Waals surface area contributed by atoms with Gasteiger partial charge in [-0.05, 0) is 47.5 Å². The lowest BCUT2D eigenvalue weighted by atomic mass is 9.89. The number of benzene rings is 3. The van der Waals surface area contributed by atoms with E-state index in [1.165, 1.54) is 12.1 Å². The number of phenolic OH excluding ortho intramolecular Hbond substituents is 1. The highest BCUT2D eigenvalue weighted by atomic mass is 16.4. The average Bonchev–Trinajstić information content (AvgIpc) is 3.21. The van der Waals surface area contributed by atoms with Crippen LogP contribution < -0.4 is 0 Å². The number of carboxylic acid groups (broad SMARTS) is 2. The molecule has 0 spiro atoms. The number of H-pyrrole nitrogens is 1. The molecule has 7 nitrogen and oxygen atoms in total. The summed E-state index contributed by atoms with van der Waals surface area (Å²) in [6.45, 7) is 0. The largest absolute Gasteiger partial charge is 0.507 e. The van der Waals surface area contributed by atoms with Gasteiger partial charge in [0.1, 0.15) is 5.75 Å². The van der Waals surface area contributed by atoms with Crippen LogP contribution in [0.15, 0.2) is 66.7 Å². The normalized spacial score (nSPS) is 11.7. The summed E-state index contributed by atoms with van der Waals surface area (Å²) in [5.41, 5.74) is 3.41. The molecule has 0 aliphatic rings. The van der Waals surface area contributed by atoms with Gasteiger partial charge < -0.3 is 20.3 Å². The van der Waals surface area contributed by atoms with Gasteiger partial charge in [-0.3, -0.25) is 9.59 Å². The molecule has 0 bridgehead atoms. The second-order valence-electron chi connectivity index (χ2n) is 7.42. The van der Waals surface area contributed by atoms with Crippen LogP contribution in [-0.2, 0) is 9.59 Å². The first-order chi connectivity index (χ1) is 15.4. The molecule has 7 heteroatoms. The standard InChI is InChI=1S/C25H18N2O5/c26-13-14-6-7-21-17(8-14)11-22(27-21)20-10-16(19(25(31)32)12-23(28)29)9-18(24(20)30)15-4-2-1-3-5-15/h1-11,19,27,30H,12H2,(H,28,29)(H,31,32). The fourth-order valence-corrected chi connectivity index (χ4v) is 3.77. The minimum Gasteiger partial charge on any atom is -0.507 e.